The van der Waals surface area contributed by atoms with Crippen LogP contribution in [0.15, 0.2) is 27.5 Å². The van der Waals surface area contributed by atoms with E-state index in [1.165, 1.54) is 11.0 Å². The predicted octanol–water partition coefficient (Wildman–Crippen LogP) is 2.10. The minimum Gasteiger partial charge on any atom is -0.445 e. The molecule has 15 heteroatoms. The molecule has 1 saturated heterocycles. The lowest BCUT2D eigenvalue weighted by molar-refractivity contribution is -0.291. The Balaban J connectivity index is 1.07. The normalized spacial score (nSPS) is 21.4. The molecule has 1 saturated carbocycles. The van der Waals surface area contributed by atoms with Crippen LogP contribution in [0.1, 0.15) is 32.8 Å². The molecule has 3 atom stereocenters. The van der Waals surface area contributed by atoms with E-state index in [1.807, 2.05) is 0 Å². The number of nitriles is 1. The third-order valence-electron chi connectivity index (χ3n) is 7.18. The molecule has 0 radical (unpaired) electrons. The molecule has 12 nitrogen and oxygen atoms in total. The fraction of sp³-hybridized carbons (Fsp3) is 0.458. The Morgan fingerprint density at radius 2 is 1.92 bits per heavy atom. The van der Waals surface area contributed by atoms with Gasteiger partial charge in [-0.2, -0.15) is 10.4 Å². The van der Waals surface area contributed by atoms with Gasteiger partial charge in [-0.15, -0.1) is 13.2 Å². The number of rotatable bonds is 5. The second kappa shape index (κ2) is 10.0. The number of hydrogen-bond acceptors (Lipinski definition) is 8. The maximum absolute atomic E-state index is 12.5. The van der Waals surface area contributed by atoms with Crippen LogP contribution in [0.3, 0.4) is 0 Å². The summed E-state index contributed by atoms with van der Waals surface area (Å²) in [5.41, 5.74) is -0.139. The van der Waals surface area contributed by atoms with Gasteiger partial charge in [0.2, 0.25) is 0 Å². The molecule has 0 bridgehead atoms. The average Bonchev–Trinajstić information content (AvgIpc) is 3.18. The maximum atomic E-state index is 12.5. The van der Waals surface area contributed by atoms with Crippen molar-refractivity contribution in [3.63, 3.8) is 0 Å². The number of nitrogens with zero attached hydrogens (tertiary/aromatic N) is 3. The van der Waals surface area contributed by atoms with E-state index >= 15 is 0 Å². The number of aromatic amines is 1. The molecule has 206 valence electrons. The fourth-order valence-electron chi connectivity index (χ4n) is 5.19. The van der Waals surface area contributed by atoms with Gasteiger partial charge in [-0.05, 0) is 47.9 Å². The highest BCUT2D eigenvalue weighted by atomic mass is 19.4. The highest BCUT2D eigenvalue weighted by molar-refractivity contribution is 5.90. The molecule has 2 aromatic rings. The number of alkyl halides is 3. The summed E-state index contributed by atoms with van der Waals surface area (Å²) in [4.78, 5) is 51.4. The Morgan fingerprint density at radius 3 is 2.62 bits per heavy atom. The molecule has 1 unspecified atom stereocenters. The number of aromatic nitrogens is 1. The zero-order valence-electron chi connectivity index (χ0n) is 20.2. The number of carbonyl (C=O) groups excluding carboxylic acids is 3. The number of nitrogens with one attached hydrogen (secondary N) is 2. The maximum Gasteiger partial charge on any atom is 0.575 e. The zero-order valence-corrected chi connectivity index (χ0v) is 20.2. The second-order valence-electron chi connectivity index (χ2n) is 9.61. The summed E-state index contributed by atoms with van der Waals surface area (Å²) in [7, 11) is 0. The van der Waals surface area contributed by atoms with Gasteiger partial charge in [-0.25, -0.2) is 14.4 Å². The highest BCUT2D eigenvalue weighted by Gasteiger charge is 2.56. The highest BCUT2D eigenvalue weighted by Crippen LogP contribution is 2.51. The van der Waals surface area contributed by atoms with Crippen molar-refractivity contribution in [2.24, 2.45) is 17.8 Å². The average molecular weight is 549 g/mol. The van der Waals surface area contributed by atoms with E-state index in [9.17, 15) is 32.3 Å². The first-order valence-corrected chi connectivity index (χ1v) is 12.0. The van der Waals surface area contributed by atoms with Crippen molar-refractivity contribution in [3.05, 3.63) is 56.6 Å². The molecule has 0 spiro atoms. The van der Waals surface area contributed by atoms with Crippen molar-refractivity contribution in [1.29, 1.82) is 5.26 Å². The number of esters is 1. The summed E-state index contributed by atoms with van der Waals surface area (Å²) in [6, 6.07) is 4.79. The Bertz CT molecular complexity index is 1400. The summed E-state index contributed by atoms with van der Waals surface area (Å²) in [5, 5.41) is 14.3. The van der Waals surface area contributed by atoms with Gasteiger partial charge in [0.25, 0.3) is 5.56 Å². The first-order valence-electron chi connectivity index (χ1n) is 12.0. The van der Waals surface area contributed by atoms with Crippen LogP contribution in [-0.2, 0) is 29.0 Å². The summed E-state index contributed by atoms with van der Waals surface area (Å²) in [6.45, 7) is 1.54. The molecule has 1 aromatic heterocycles. The number of ether oxygens (including phenoxy) is 2. The fourth-order valence-corrected chi connectivity index (χ4v) is 5.19. The number of hydrogen-bond donors (Lipinski definition) is 2. The van der Waals surface area contributed by atoms with Crippen molar-refractivity contribution in [1.82, 2.24) is 20.3 Å². The van der Waals surface area contributed by atoms with E-state index in [1.54, 1.807) is 11.0 Å². The van der Waals surface area contributed by atoms with Gasteiger partial charge >= 0.3 is 24.5 Å². The van der Waals surface area contributed by atoms with Crippen LogP contribution in [0.2, 0.25) is 0 Å². The number of piperidine rings is 1. The zero-order chi connectivity index (χ0) is 27.9. The quantitative estimate of drug-likeness (QED) is 0.537. The Kier molecular flexibility index (Phi) is 6.71. The first kappa shape index (κ1) is 26.1. The summed E-state index contributed by atoms with van der Waals surface area (Å²) >= 11 is 0. The standard InChI is InChI=1S/C24H22F3N5O7/c25-24(26,27)38-21(34)14-4-12(6-28)3-13(5-14)11-37-23(36)32-8-17-16(18(17)9-32)7-29-22(35)31-2-1-15-19(10-31)39-30-20(15)33/h3-5,16-18H,1-2,7-11H2,(H,29,35)(H,30,33)/t16?,17-,18+. The monoisotopic (exact) mass is 549 g/mol. The molecule has 5 rings (SSSR count). The number of urea groups is 1. The van der Waals surface area contributed by atoms with Gasteiger partial charge in [0, 0.05) is 26.2 Å². The Labute approximate surface area is 218 Å². The third kappa shape index (κ3) is 5.69. The largest absolute Gasteiger partial charge is 0.575 e. The van der Waals surface area contributed by atoms with Crippen LogP contribution in [-0.4, -0.2) is 65.6 Å². The Hall–Kier alpha value is -4.48. The molecule has 3 aliphatic rings. The lowest BCUT2D eigenvalue weighted by Crippen LogP contribution is -2.44. The number of halogens is 3. The molecular weight excluding hydrogens is 527 g/mol. The van der Waals surface area contributed by atoms with Gasteiger partial charge in [0.15, 0.2) is 5.76 Å². The third-order valence-corrected chi connectivity index (χ3v) is 7.18. The first-order chi connectivity index (χ1) is 18.5. The lowest BCUT2D eigenvalue weighted by atomic mass is 10.1. The number of fused-ring (bicyclic) bond motifs is 2. The summed E-state index contributed by atoms with van der Waals surface area (Å²) in [5.74, 6) is -0.627. The van der Waals surface area contributed by atoms with Crippen LogP contribution < -0.4 is 10.9 Å². The van der Waals surface area contributed by atoms with E-state index in [4.69, 9.17) is 14.5 Å². The van der Waals surface area contributed by atoms with Crippen LogP contribution in [0.25, 0.3) is 0 Å². The number of H-pyrrole nitrogens is 1. The van der Waals surface area contributed by atoms with Crippen molar-refractivity contribution < 1.29 is 41.6 Å². The van der Waals surface area contributed by atoms with E-state index < -0.39 is 24.0 Å². The van der Waals surface area contributed by atoms with E-state index in [2.05, 4.69) is 15.2 Å². The molecule has 2 N–H and O–H groups in total. The van der Waals surface area contributed by atoms with Crippen LogP contribution in [0.5, 0.6) is 0 Å². The molecule has 1 aliphatic carbocycles. The minimum atomic E-state index is -5.18. The number of carbonyl (C=O) groups is 3. The molecular formula is C24H22F3N5O7. The Morgan fingerprint density at radius 1 is 1.18 bits per heavy atom. The predicted molar refractivity (Wildman–Crippen MR) is 122 cm³/mol. The SMILES string of the molecule is N#Cc1cc(COC(=O)N2C[C@@H]3C(CNC(=O)N4CCc5c(o[nH]c5=O)C4)[C@@H]3C2)cc(C(=O)OC(F)(F)F)c1. The molecule has 3 heterocycles. The molecule has 3 amide bonds. The van der Waals surface area contributed by atoms with Gasteiger partial charge in [-0.3, -0.25) is 4.79 Å². The summed E-state index contributed by atoms with van der Waals surface area (Å²) in [6.07, 6.45) is -5.40. The van der Waals surface area contributed by atoms with Crippen molar-refractivity contribution in [2.45, 2.75) is 25.9 Å². The minimum absolute atomic E-state index is 0.0902. The van der Waals surface area contributed by atoms with E-state index in [0.29, 0.717) is 43.9 Å². The van der Waals surface area contributed by atoms with Gasteiger partial charge in [-0.1, -0.05) is 0 Å². The molecule has 39 heavy (non-hydrogen) atoms. The van der Waals surface area contributed by atoms with Crippen molar-refractivity contribution >= 4 is 18.1 Å². The second-order valence-corrected chi connectivity index (χ2v) is 9.61. The van der Waals surface area contributed by atoms with E-state index in [0.717, 1.165) is 12.1 Å². The van der Waals surface area contributed by atoms with Gasteiger partial charge < -0.3 is 29.1 Å². The lowest BCUT2D eigenvalue weighted by Gasteiger charge is -2.25. The number of likely N-dealkylation sites (tertiary alicyclic amines) is 1. The molecule has 2 aliphatic heterocycles. The van der Waals surface area contributed by atoms with Gasteiger partial charge in [0.05, 0.1) is 29.3 Å². The van der Waals surface area contributed by atoms with Crippen molar-refractivity contribution in [3.8, 4) is 6.07 Å². The molecule has 1 aromatic carbocycles. The van der Waals surface area contributed by atoms with Crippen LogP contribution >= 0.6 is 0 Å². The van der Waals surface area contributed by atoms with Crippen molar-refractivity contribution in [2.75, 3.05) is 26.2 Å². The number of benzene rings is 1. The van der Waals surface area contributed by atoms with Gasteiger partial charge in [0.1, 0.15) is 6.61 Å². The van der Waals surface area contributed by atoms with Crippen LogP contribution in [0, 0.1) is 29.1 Å². The topological polar surface area (TPSA) is 158 Å². The molecule has 2 fully saturated rings. The number of amides is 3. The smallest absolute Gasteiger partial charge is 0.445 e. The van der Waals surface area contributed by atoms with Crippen LogP contribution in [0.4, 0.5) is 22.8 Å². The van der Waals surface area contributed by atoms with E-state index in [-0.39, 0.29) is 53.6 Å². The summed E-state index contributed by atoms with van der Waals surface area (Å²) < 4.78 is 50.8.